The predicted octanol–water partition coefficient (Wildman–Crippen LogP) is 0.235. The second kappa shape index (κ2) is 6.81. The van der Waals surface area contributed by atoms with Crippen molar-refractivity contribution in [2.45, 2.75) is 46.3 Å². The molecule has 0 saturated heterocycles. The Kier molecular flexibility index (Phi) is 6.10. The number of nitrogens with one attached hydrogen (secondary N) is 3. The average molecular weight is 274 g/mol. The fourth-order valence-electron chi connectivity index (χ4n) is 1.17. The molecule has 0 saturated carbocycles. The summed E-state index contributed by atoms with van der Waals surface area (Å²) in [6, 6.07) is -1.74. The number of amides is 4. The van der Waals surface area contributed by atoms with Gasteiger partial charge < -0.3 is 15.8 Å². The summed E-state index contributed by atoms with van der Waals surface area (Å²) in [5.74, 6) is -0.776. The highest BCUT2D eigenvalue weighted by Gasteiger charge is 2.26. The standard InChI is InChI=1S/C11H22N4O4/c1-6(2)7(8(16)14-15-9(12)17)13-10(18)19-11(3,4)5/h6-7H,1-5H3,(H,13,18)(H,14,16)(H3,12,15,17)/t7-/m0/s1. The Morgan fingerprint density at radius 3 is 2.00 bits per heavy atom. The number of rotatable bonds is 3. The zero-order chi connectivity index (χ0) is 15.2. The van der Waals surface area contributed by atoms with Crippen LogP contribution in [0, 0.1) is 5.92 Å². The van der Waals surface area contributed by atoms with Gasteiger partial charge in [0.05, 0.1) is 0 Å². The lowest BCUT2D eigenvalue weighted by Crippen LogP contribution is -2.55. The molecule has 0 aromatic rings. The molecule has 0 bridgehead atoms. The van der Waals surface area contributed by atoms with Crippen LogP contribution in [0.4, 0.5) is 9.59 Å². The second-order valence-corrected chi connectivity index (χ2v) is 5.35. The van der Waals surface area contributed by atoms with Gasteiger partial charge in [0.2, 0.25) is 0 Å². The molecule has 110 valence electrons. The largest absolute Gasteiger partial charge is 0.444 e. The molecule has 0 aliphatic heterocycles. The number of nitrogens with two attached hydrogens (primary N) is 1. The number of carbonyl (C=O) groups excluding carboxylic acids is 3. The van der Waals surface area contributed by atoms with Crippen LogP contribution in [0.15, 0.2) is 0 Å². The molecular weight excluding hydrogens is 252 g/mol. The lowest BCUT2D eigenvalue weighted by molar-refractivity contribution is -0.124. The van der Waals surface area contributed by atoms with E-state index >= 15 is 0 Å². The van der Waals surface area contributed by atoms with Crippen molar-refractivity contribution in [2.24, 2.45) is 11.7 Å². The van der Waals surface area contributed by atoms with Crippen LogP contribution < -0.4 is 21.9 Å². The first-order valence-electron chi connectivity index (χ1n) is 5.87. The Morgan fingerprint density at radius 1 is 1.11 bits per heavy atom. The van der Waals surface area contributed by atoms with E-state index in [1.807, 2.05) is 5.43 Å². The summed E-state index contributed by atoms with van der Waals surface area (Å²) in [5, 5.41) is 2.43. The average Bonchev–Trinajstić information content (AvgIpc) is 2.19. The van der Waals surface area contributed by atoms with E-state index in [1.165, 1.54) is 0 Å². The van der Waals surface area contributed by atoms with Gasteiger partial charge in [-0.2, -0.15) is 0 Å². The van der Waals surface area contributed by atoms with Crippen molar-refractivity contribution in [1.82, 2.24) is 16.2 Å². The van der Waals surface area contributed by atoms with Crippen LogP contribution >= 0.6 is 0 Å². The number of hydrogen-bond donors (Lipinski definition) is 4. The van der Waals surface area contributed by atoms with E-state index < -0.39 is 29.7 Å². The first kappa shape index (κ1) is 17.0. The van der Waals surface area contributed by atoms with Crippen LogP contribution in [-0.2, 0) is 9.53 Å². The summed E-state index contributed by atoms with van der Waals surface area (Å²) in [6.07, 6.45) is -0.708. The van der Waals surface area contributed by atoms with Gasteiger partial charge in [-0.15, -0.1) is 0 Å². The first-order valence-corrected chi connectivity index (χ1v) is 5.87. The normalized spacial score (nSPS) is 12.5. The highest BCUT2D eigenvalue weighted by molar-refractivity contribution is 5.87. The van der Waals surface area contributed by atoms with Crippen LogP contribution in [0.25, 0.3) is 0 Å². The van der Waals surface area contributed by atoms with Gasteiger partial charge in [-0.05, 0) is 26.7 Å². The van der Waals surface area contributed by atoms with E-state index in [0.717, 1.165) is 0 Å². The summed E-state index contributed by atoms with van der Waals surface area (Å²) >= 11 is 0. The van der Waals surface area contributed by atoms with Crippen LogP contribution in [-0.4, -0.2) is 29.7 Å². The number of primary amides is 1. The molecule has 0 aromatic carbocycles. The maximum absolute atomic E-state index is 11.7. The van der Waals surface area contributed by atoms with Crippen LogP contribution in [0.2, 0.25) is 0 Å². The maximum atomic E-state index is 11.7. The van der Waals surface area contributed by atoms with Gasteiger partial charge in [-0.25, -0.2) is 15.0 Å². The molecule has 0 aliphatic carbocycles. The molecule has 4 amide bonds. The van der Waals surface area contributed by atoms with Crippen LogP contribution in [0.3, 0.4) is 0 Å². The summed E-state index contributed by atoms with van der Waals surface area (Å²) < 4.78 is 5.05. The van der Waals surface area contributed by atoms with E-state index in [4.69, 9.17) is 10.5 Å². The number of carbonyl (C=O) groups is 3. The number of hydrogen-bond acceptors (Lipinski definition) is 4. The SMILES string of the molecule is CC(C)[C@H](NC(=O)OC(C)(C)C)C(=O)NNC(N)=O. The van der Waals surface area contributed by atoms with E-state index in [2.05, 4.69) is 10.7 Å². The van der Waals surface area contributed by atoms with E-state index in [9.17, 15) is 14.4 Å². The molecule has 8 heteroatoms. The third-order valence-electron chi connectivity index (χ3n) is 1.93. The molecule has 1 atom stereocenters. The Morgan fingerprint density at radius 2 is 1.63 bits per heavy atom. The number of hydrazine groups is 1. The fourth-order valence-corrected chi connectivity index (χ4v) is 1.17. The summed E-state index contributed by atoms with van der Waals surface area (Å²) in [7, 11) is 0. The molecule has 8 nitrogen and oxygen atoms in total. The van der Waals surface area contributed by atoms with Gasteiger partial charge in [0, 0.05) is 0 Å². The van der Waals surface area contributed by atoms with Crippen molar-refractivity contribution in [3.05, 3.63) is 0 Å². The zero-order valence-electron chi connectivity index (χ0n) is 11.9. The first-order chi connectivity index (χ1) is 8.53. The minimum absolute atomic E-state index is 0.192. The Bertz CT molecular complexity index is 349. The third kappa shape index (κ3) is 7.85. The van der Waals surface area contributed by atoms with Gasteiger partial charge in [0.1, 0.15) is 11.6 Å². The molecule has 5 N–H and O–H groups in total. The summed E-state index contributed by atoms with van der Waals surface area (Å²) in [6.45, 7) is 8.63. The van der Waals surface area contributed by atoms with Gasteiger partial charge >= 0.3 is 12.1 Å². The quantitative estimate of drug-likeness (QED) is 0.550. The molecule has 0 fully saturated rings. The van der Waals surface area contributed by atoms with E-state index in [-0.39, 0.29) is 5.92 Å². The molecule has 0 spiro atoms. The predicted molar refractivity (Wildman–Crippen MR) is 68.9 cm³/mol. The molecule has 0 unspecified atom stereocenters. The molecule has 0 aliphatic rings. The molecule has 0 radical (unpaired) electrons. The van der Waals surface area contributed by atoms with Crippen molar-refractivity contribution in [1.29, 1.82) is 0 Å². The smallest absolute Gasteiger partial charge is 0.408 e. The van der Waals surface area contributed by atoms with Crippen molar-refractivity contribution < 1.29 is 19.1 Å². The zero-order valence-corrected chi connectivity index (χ0v) is 11.9. The molecule has 0 rings (SSSR count). The van der Waals surface area contributed by atoms with Gasteiger partial charge in [0.25, 0.3) is 5.91 Å². The Hall–Kier alpha value is -1.99. The highest BCUT2D eigenvalue weighted by atomic mass is 16.6. The van der Waals surface area contributed by atoms with Crippen molar-refractivity contribution >= 4 is 18.0 Å². The minimum Gasteiger partial charge on any atom is -0.444 e. The molecule has 0 aromatic heterocycles. The molecule has 19 heavy (non-hydrogen) atoms. The van der Waals surface area contributed by atoms with Gasteiger partial charge in [0.15, 0.2) is 0 Å². The summed E-state index contributed by atoms with van der Waals surface area (Å²) in [4.78, 5) is 33.8. The summed E-state index contributed by atoms with van der Waals surface area (Å²) in [5.41, 5.74) is 8.21. The third-order valence-corrected chi connectivity index (χ3v) is 1.93. The number of urea groups is 1. The van der Waals surface area contributed by atoms with Crippen molar-refractivity contribution in [3.63, 3.8) is 0 Å². The van der Waals surface area contributed by atoms with Gasteiger partial charge in [-0.1, -0.05) is 13.8 Å². The fraction of sp³-hybridized carbons (Fsp3) is 0.727. The van der Waals surface area contributed by atoms with Gasteiger partial charge in [-0.3, -0.25) is 10.2 Å². The van der Waals surface area contributed by atoms with Crippen LogP contribution in [0.1, 0.15) is 34.6 Å². The van der Waals surface area contributed by atoms with Crippen LogP contribution in [0.5, 0.6) is 0 Å². The Balaban J connectivity index is 4.53. The van der Waals surface area contributed by atoms with Crippen molar-refractivity contribution in [3.8, 4) is 0 Å². The maximum Gasteiger partial charge on any atom is 0.408 e. The highest BCUT2D eigenvalue weighted by Crippen LogP contribution is 2.08. The Labute approximate surface area is 112 Å². The topological polar surface area (TPSA) is 123 Å². The number of ether oxygens (including phenoxy) is 1. The van der Waals surface area contributed by atoms with Crippen molar-refractivity contribution in [2.75, 3.05) is 0 Å². The second-order valence-electron chi connectivity index (χ2n) is 5.35. The van der Waals surface area contributed by atoms with E-state index in [1.54, 1.807) is 34.6 Å². The lowest BCUT2D eigenvalue weighted by Gasteiger charge is -2.25. The number of alkyl carbamates (subject to hydrolysis) is 1. The lowest BCUT2D eigenvalue weighted by atomic mass is 10.0. The van der Waals surface area contributed by atoms with E-state index in [0.29, 0.717) is 0 Å². The minimum atomic E-state index is -0.895. The monoisotopic (exact) mass is 274 g/mol. The molecule has 0 heterocycles. The molecular formula is C11H22N4O4.